The molecule has 0 spiro atoms. The molecule has 39 heavy (non-hydrogen) atoms. The number of nitro benzene ring substituents is 1. The first-order valence-corrected chi connectivity index (χ1v) is 13.0. The lowest BCUT2D eigenvalue weighted by Gasteiger charge is -2.28. The molecule has 5 rings (SSSR count). The van der Waals surface area contributed by atoms with E-state index in [0.29, 0.717) is 13.0 Å². The van der Waals surface area contributed by atoms with Crippen LogP contribution in [0.5, 0.6) is 0 Å². The first-order valence-electron chi connectivity index (χ1n) is 12.6. The Kier molecular flexibility index (Phi) is 7.60. The molecule has 0 unspecified atom stereocenters. The van der Waals surface area contributed by atoms with Crippen molar-refractivity contribution in [1.29, 1.82) is 0 Å². The highest BCUT2D eigenvalue weighted by atomic mass is 35.5. The molecule has 10 heteroatoms. The molecule has 3 aromatic carbocycles. The standard InChI is InChI=1S/C29H26ClFN4O4/c30-26-15-23(35(38)39)11-12-25(26)29(37)34(22-9-10-22)18-28(36)33(17-19-5-7-21(31)8-6-19)14-13-20-16-32-27-4-2-1-3-24(20)27/h1-8,11-12,15-16,22,32H,9-10,13-14,17-18H2. The lowest BCUT2D eigenvalue weighted by Crippen LogP contribution is -2.44. The molecule has 0 atom stereocenters. The van der Waals surface area contributed by atoms with E-state index in [1.165, 1.54) is 29.2 Å². The van der Waals surface area contributed by atoms with E-state index in [0.717, 1.165) is 40.9 Å². The quantitative estimate of drug-likeness (QED) is 0.202. The molecule has 0 saturated heterocycles. The molecule has 1 heterocycles. The molecule has 0 aliphatic heterocycles. The Balaban J connectivity index is 1.36. The van der Waals surface area contributed by atoms with E-state index in [2.05, 4.69) is 4.98 Å². The van der Waals surface area contributed by atoms with Crippen molar-refractivity contribution < 1.29 is 18.9 Å². The number of para-hydroxylation sites is 1. The summed E-state index contributed by atoms with van der Waals surface area (Å²) in [4.78, 5) is 44.0. The molecule has 1 aliphatic carbocycles. The van der Waals surface area contributed by atoms with E-state index < -0.39 is 10.8 Å². The third kappa shape index (κ3) is 6.09. The summed E-state index contributed by atoms with van der Waals surface area (Å²) < 4.78 is 13.5. The summed E-state index contributed by atoms with van der Waals surface area (Å²) in [5.41, 5.74) is 2.75. The van der Waals surface area contributed by atoms with Crippen molar-refractivity contribution in [2.24, 2.45) is 0 Å². The monoisotopic (exact) mass is 548 g/mol. The van der Waals surface area contributed by atoms with Crippen molar-refractivity contribution in [3.63, 3.8) is 0 Å². The third-order valence-electron chi connectivity index (χ3n) is 6.91. The molecular formula is C29H26ClFN4O4. The van der Waals surface area contributed by atoms with Gasteiger partial charge in [0.15, 0.2) is 0 Å². The first-order chi connectivity index (χ1) is 18.8. The molecule has 2 amide bonds. The Hall–Kier alpha value is -4.24. The topological polar surface area (TPSA) is 99.5 Å². The van der Waals surface area contributed by atoms with Crippen LogP contribution < -0.4 is 0 Å². The van der Waals surface area contributed by atoms with Crippen LogP contribution in [-0.2, 0) is 17.8 Å². The molecule has 1 fully saturated rings. The van der Waals surface area contributed by atoms with Gasteiger partial charge in [0.2, 0.25) is 5.91 Å². The van der Waals surface area contributed by atoms with E-state index in [1.54, 1.807) is 17.0 Å². The molecule has 8 nitrogen and oxygen atoms in total. The van der Waals surface area contributed by atoms with Gasteiger partial charge in [0, 0.05) is 48.4 Å². The molecule has 0 bridgehead atoms. The molecule has 1 aliphatic rings. The minimum atomic E-state index is -0.580. The molecular weight excluding hydrogens is 523 g/mol. The van der Waals surface area contributed by atoms with Crippen LogP contribution in [0.1, 0.15) is 34.3 Å². The van der Waals surface area contributed by atoms with E-state index >= 15 is 0 Å². The van der Waals surface area contributed by atoms with E-state index in [1.807, 2.05) is 30.5 Å². The summed E-state index contributed by atoms with van der Waals surface area (Å²) >= 11 is 6.23. The van der Waals surface area contributed by atoms with Crippen LogP contribution in [-0.4, -0.2) is 50.7 Å². The molecule has 4 aromatic rings. The number of halogens is 2. The summed E-state index contributed by atoms with van der Waals surface area (Å²) in [5.74, 6) is -1.05. The van der Waals surface area contributed by atoms with Crippen LogP contribution in [0.25, 0.3) is 10.9 Å². The Labute approximate surface area is 229 Å². The number of benzene rings is 3. The van der Waals surface area contributed by atoms with Gasteiger partial charge in [-0.05, 0) is 54.7 Å². The van der Waals surface area contributed by atoms with Crippen LogP contribution in [0.15, 0.2) is 72.9 Å². The lowest BCUT2D eigenvalue weighted by atomic mass is 10.1. The maximum atomic E-state index is 13.7. The van der Waals surface area contributed by atoms with Crippen molar-refractivity contribution in [3.05, 3.63) is 111 Å². The van der Waals surface area contributed by atoms with Gasteiger partial charge < -0.3 is 14.8 Å². The van der Waals surface area contributed by atoms with E-state index in [9.17, 15) is 24.1 Å². The van der Waals surface area contributed by atoms with Gasteiger partial charge in [0.1, 0.15) is 12.4 Å². The highest BCUT2D eigenvalue weighted by Gasteiger charge is 2.36. The fourth-order valence-electron chi connectivity index (χ4n) is 4.64. The maximum absolute atomic E-state index is 13.7. The second-order valence-electron chi connectivity index (χ2n) is 9.64. The minimum absolute atomic E-state index is 0.0326. The smallest absolute Gasteiger partial charge is 0.270 e. The van der Waals surface area contributed by atoms with Crippen molar-refractivity contribution in [2.45, 2.75) is 31.8 Å². The molecule has 1 aromatic heterocycles. The number of fused-ring (bicyclic) bond motifs is 1. The number of hydrogen-bond acceptors (Lipinski definition) is 4. The van der Waals surface area contributed by atoms with Crippen molar-refractivity contribution >= 4 is 40.0 Å². The number of rotatable bonds is 10. The van der Waals surface area contributed by atoms with Gasteiger partial charge in [-0.15, -0.1) is 0 Å². The number of aromatic nitrogens is 1. The normalized spacial score (nSPS) is 12.9. The number of carbonyl (C=O) groups excluding carboxylic acids is 2. The predicted octanol–water partition coefficient (Wildman–Crippen LogP) is 5.74. The molecule has 1 saturated carbocycles. The fraction of sp³-hybridized carbons (Fsp3) is 0.241. The number of nitrogens with one attached hydrogen (secondary N) is 1. The number of carbonyl (C=O) groups is 2. The summed E-state index contributed by atoms with van der Waals surface area (Å²) in [7, 11) is 0. The highest BCUT2D eigenvalue weighted by molar-refractivity contribution is 6.34. The Morgan fingerprint density at radius 2 is 1.82 bits per heavy atom. The van der Waals surface area contributed by atoms with E-state index in [-0.39, 0.29) is 47.1 Å². The van der Waals surface area contributed by atoms with Crippen LogP contribution in [0, 0.1) is 15.9 Å². The van der Waals surface area contributed by atoms with Crippen LogP contribution in [0.4, 0.5) is 10.1 Å². The molecule has 200 valence electrons. The van der Waals surface area contributed by atoms with Gasteiger partial charge >= 0.3 is 0 Å². The van der Waals surface area contributed by atoms with Gasteiger partial charge in [-0.25, -0.2) is 4.39 Å². The van der Waals surface area contributed by atoms with Crippen LogP contribution >= 0.6 is 11.6 Å². The minimum Gasteiger partial charge on any atom is -0.361 e. The molecule has 1 N–H and O–H groups in total. The summed E-state index contributed by atoms with van der Waals surface area (Å²) in [6.07, 6.45) is 4.04. The Morgan fingerprint density at radius 1 is 1.08 bits per heavy atom. The second kappa shape index (κ2) is 11.2. The number of H-pyrrole nitrogens is 1. The fourth-order valence-corrected chi connectivity index (χ4v) is 4.90. The first kappa shape index (κ1) is 26.4. The van der Waals surface area contributed by atoms with Crippen molar-refractivity contribution in [2.75, 3.05) is 13.1 Å². The van der Waals surface area contributed by atoms with Crippen LogP contribution in [0.3, 0.4) is 0 Å². The number of hydrogen-bond donors (Lipinski definition) is 1. The number of nitro groups is 1. The molecule has 0 radical (unpaired) electrons. The largest absolute Gasteiger partial charge is 0.361 e. The number of nitrogens with zero attached hydrogens (tertiary/aromatic N) is 3. The highest BCUT2D eigenvalue weighted by Crippen LogP contribution is 2.31. The van der Waals surface area contributed by atoms with Gasteiger partial charge in [-0.3, -0.25) is 19.7 Å². The Bertz CT molecular complexity index is 1530. The Morgan fingerprint density at radius 3 is 2.51 bits per heavy atom. The average Bonchev–Trinajstić information content (AvgIpc) is 3.69. The van der Waals surface area contributed by atoms with Crippen LogP contribution in [0.2, 0.25) is 5.02 Å². The summed E-state index contributed by atoms with van der Waals surface area (Å²) in [6.45, 7) is 0.487. The van der Waals surface area contributed by atoms with Gasteiger partial charge in [-0.1, -0.05) is 41.9 Å². The maximum Gasteiger partial charge on any atom is 0.270 e. The zero-order valence-corrected chi connectivity index (χ0v) is 21.7. The van der Waals surface area contributed by atoms with Gasteiger partial charge in [-0.2, -0.15) is 0 Å². The van der Waals surface area contributed by atoms with Crippen molar-refractivity contribution in [3.8, 4) is 0 Å². The summed E-state index contributed by atoms with van der Waals surface area (Å²) in [6, 6.07) is 17.5. The lowest BCUT2D eigenvalue weighted by molar-refractivity contribution is -0.384. The zero-order chi connectivity index (χ0) is 27.5. The van der Waals surface area contributed by atoms with Gasteiger partial charge in [0.05, 0.1) is 15.5 Å². The number of non-ortho nitro benzene ring substituents is 1. The van der Waals surface area contributed by atoms with Gasteiger partial charge in [0.25, 0.3) is 11.6 Å². The SMILES string of the molecule is O=C(CN(C(=O)c1ccc([N+](=O)[O-])cc1Cl)C1CC1)N(CCc1c[nH]c2ccccc12)Cc1ccc(F)cc1. The van der Waals surface area contributed by atoms with E-state index in [4.69, 9.17) is 11.6 Å². The third-order valence-corrected chi connectivity index (χ3v) is 7.23. The number of amides is 2. The average molecular weight is 549 g/mol. The predicted molar refractivity (Wildman–Crippen MR) is 146 cm³/mol. The summed E-state index contributed by atoms with van der Waals surface area (Å²) in [5, 5.41) is 12.1. The van der Waals surface area contributed by atoms with Crippen molar-refractivity contribution in [1.82, 2.24) is 14.8 Å². The zero-order valence-electron chi connectivity index (χ0n) is 21.0. The second-order valence-corrected chi connectivity index (χ2v) is 10.0. The number of aromatic amines is 1.